The van der Waals surface area contributed by atoms with Crippen molar-refractivity contribution in [2.24, 2.45) is 5.73 Å². The zero-order valence-corrected chi connectivity index (χ0v) is 13.3. The number of amides is 2. The van der Waals surface area contributed by atoms with Gasteiger partial charge in [-0.05, 0) is 19.0 Å². The second-order valence-corrected chi connectivity index (χ2v) is 6.25. The minimum absolute atomic E-state index is 0.0742. The van der Waals surface area contributed by atoms with Crippen LogP contribution in [-0.2, 0) is 17.8 Å². The quantitative estimate of drug-likeness (QED) is 0.750. The van der Waals surface area contributed by atoms with Crippen LogP contribution in [0.1, 0.15) is 34.1 Å². The summed E-state index contributed by atoms with van der Waals surface area (Å²) in [6, 6.07) is 0. The molecule has 0 saturated carbocycles. The molecule has 21 heavy (non-hydrogen) atoms. The average Bonchev–Trinajstić information content (AvgIpc) is 2.81. The van der Waals surface area contributed by atoms with Gasteiger partial charge < -0.3 is 21.3 Å². The van der Waals surface area contributed by atoms with E-state index < -0.39 is 0 Å². The maximum absolute atomic E-state index is 12.4. The summed E-state index contributed by atoms with van der Waals surface area (Å²) in [5.41, 5.74) is 7.13. The summed E-state index contributed by atoms with van der Waals surface area (Å²) in [6.45, 7) is 4.37. The van der Waals surface area contributed by atoms with Crippen LogP contribution < -0.4 is 16.4 Å². The molecule has 2 rings (SSSR count). The number of carbonyl (C=O) groups excluding carboxylic acids is 2. The highest BCUT2D eigenvalue weighted by Gasteiger charge is 2.27. The first-order valence-electron chi connectivity index (χ1n) is 7.18. The van der Waals surface area contributed by atoms with E-state index >= 15 is 0 Å². The Kier molecular flexibility index (Phi) is 5.33. The van der Waals surface area contributed by atoms with Gasteiger partial charge in [0.05, 0.1) is 5.56 Å². The van der Waals surface area contributed by atoms with Crippen molar-refractivity contribution < 1.29 is 9.59 Å². The van der Waals surface area contributed by atoms with Gasteiger partial charge in [-0.15, -0.1) is 11.3 Å². The predicted molar refractivity (Wildman–Crippen MR) is 84.7 cm³/mol. The van der Waals surface area contributed by atoms with E-state index in [1.807, 2.05) is 0 Å². The minimum atomic E-state index is -0.145. The highest BCUT2D eigenvalue weighted by atomic mass is 32.1. The van der Waals surface area contributed by atoms with E-state index in [9.17, 15) is 9.59 Å². The van der Waals surface area contributed by atoms with Gasteiger partial charge in [0.1, 0.15) is 5.00 Å². The summed E-state index contributed by atoms with van der Waals surface area (Å²) in [6.07, 6.45) is 1.22. The molecular weight excluding hydrogens is 288 g/mol. The number of nitrogens with zero attached hydrogens (tertiary/aromatic N) is 1. The van der Waals surface area contributed by atoms with Gasteiger partial charge in [0.15, 0.2) is 0 Å². The van der Waals surface area contributed by atoms with Gasteiger partial charge in [0.25, 0.3) is 5.91 Å². The summed E-state index contributed by atoms with van der Waals surface area (Å²) in [5.74, 6) is -0.219. The number of anilines is 1. The monoisotopic (exact) mass is 310 g/mol. The van der Waals surface area contributed by atoms with Gasteiger partial charge in [0.2, 0.25) is 5.91 Å². The van der Waals surface area contributed by atoms with Crippen molar-refractivity contribution in [2.75, 3.05) is 32.0 Å². The molecule has 0 bridgehead atoms. The van der Waals surface area contributed by atoms with Gasteiger partial charge in [-0.3, -0.25) is 9.59 Å². The van der Waals surface area contributed by atoms with E-state index in [1.54, 1.807) is 6.92 Å². The fraction of sp³-hybridized carbons (Fsp3) is 0.571. The Labute approximate surface area is 128 Å². The molecule has 0 radical (unpaired) electrons. The predicted octanol–water partition coefficient (Wildman–Crippen LogP) is 0.773. The third-order valence-electron chi connectivity index (χ3n) is 3.48. The number of fused-ring (bicyclic) bond motifs is 1. The summed E-state index contributed by atoms with van der Waals surface area (Å²) in [5, 5.41) is 6.33. The Hall–Kier alpha value is -1.44. The van der Waals surface area contributed by atoms with E-state index in [2.05, 4.69) is 22.6 Å². The van der Waals surface area contributed by atoms with Crippen LogP contribution in [0.25, 0.3) is 0 Å². The van der Waals surface area contributed by atoms with Gasteiger partial charge in [-0.25, -0.2) is 0 Å². The Morgan fingerprint density at radius 1 is 1.43 bits per heavy atom. The third kappa shape index (κ3) is 3.61. The smallest absolute Gasteiger partial charge is 0.254 e. The topological polar surface area (TPSA) is 87.5 Å². The first-order valence-corrected chi connectivity index (χ1v) is 7.99. The first kappa shape index (κ1) is 15.9. The van der Waals surface area contributed by atoms with Gasteiger partial charge in [-0.1, -0.05) is 6.92 Å². The third-order valence-corrected chi connectivity index (χ3v) is 4.61. The minimum Gasteiger partial charge on any atom is -0.351 e. The SMILES string of the molecule is CCC(=O)Nc1sc2c(c1C(=O)NCCN)CCN(C)C2. The normalized spacial score (nSPS) is 14.6. The fourth-order valence-electron chi connectivity index (χ4n) is 2.35. The van der Waals surface area contributed by atoms with Crippen LogP contribution in [0.3, 0.4) is 0 Å². The lowest BCUT2D eigenvalue weighted by molar-refractivity contribution is -0.115. The van der Waals surface area contributed by atoms with E-state index in [-0.39, 0.29) is 11.8 Å². The molecule has 1 aromatic rings. The molecule has 0 aromatic carbocycles. The van der Waals surface area contributed by atoms with Crippen molar-refractivity contribution in [1.82, 2.24) is 10.2 Å². The van der Waals surface area contributed by atoms with Crippen molar-refractivity contribution >= 4 is 28.2 Å². The number of carbonyl (C=O) groups is 2. The second-order valence-electron chi connectivity index (χ2n) is 5.14. The number of nitrogens with one attached hydrogen (secondary N) is 2. The molecule has 0 fully saturated rings. The van der Waals surface area contributed by atoms with Crippen LogP contribution in [-0.4, -0.2) is 43.4 Å². The average molecular weight is 310 g/mol. The number of rotatable bonds is 5. The first-order chi connectivity index (χ1) is 10.1. The summed E-state index contributed by atoms with van der Waals surface area (Å²) >= 11 is 1.51. The van der Waals surface area contributed by atoms with Crippen LogP contribution in [0, 0.1) is 0 Å². The van der Waals surface area contributed by atoms with E-state index in [0.29, 0.717) is 30.1 Å². The molecule has 0 atom stereocenters. The second kappa shape index (κ2) is 7.02. The van der Waals surface area contributed by atoms with Crippen molar-refractivity contribution in [3.8, 4) is 0 Å². The number of thiophene rings is 1. The van der Waals surface area contributed by atoms with Crippen LogP contribution in [0.2, 0.25) is 0 Å². The molecule has 0 spiro atoms. The summed E-state index contributed by atoms with van der Waals surface area (Å²) in [4.78, 5) is 27.4. The lowest BCUT2D eigenvalue weighted by Crippen LogP contribution is -2.31. The van der Waals surface area contributed by atoms with Gasteiger partial charge >= 0.3 is 0 Å². The van der Waals surface area contributed by atoms with Crippen LogP contribution in [0.5, 0.6) is 0 Å². The fourth-order valence-corrected chi connectivity index (χ4v) is 3.69. The molecule has 7 heteroatoms. The Bertz CT molecular complexity index is 541. The van der Waals surface area contributed by atoms with Crippen molar-refractivity contribution in [3.05, 3.63) is 16.0 Å². The lowest BCUT2D eigenvalue weighted by Gasteiger charge is -2.22. The maximum atomic E-state index is 12.4. The van der Waals surface area contributed by atoms with Crippen molar-refractivity contribution in [2.45, 2.75) is 26.3 Å². The lowest BCUT2D eigenvalue weighted by atomic mass is 10.0. The van der Waals surface area contributed by atoms with Crippen molar-refractivity contribution in [3.63, 3.8) is 0 Å². The molecule has 1 aliphatic heterocycles. The highest BCUT2D eigenvalue weighted by Crippen LogP contribution is 2.36. The zero-order chi connectivity index (χ0) is 15.4. The molecule has 1 aliphatic rings. The number of nitrogens with two attached hydrogens (primary N) is 1. The number of hydrogen-bond acceptors (Lipinski definition) is 5. The summed E-state index contributed by atoms with van der Waals surface area (Å²) < 4.78 is 0. The molecule has 0 saturated heterocycles. The molecular formula is C14H22N4O2S. The Balaban J connectivity index is 2.34. The van der Waals surface area contributed by atoms with Gasteiger partial charge in [-0.2, -0.15) is 0 Å². The molecule has 2 amide bonds. The molecule has 4 N–H and O–H groups in total. The molecule has 116 valence electrons. The standard InChI is InChI=1S/C14H22N4O2S/c1-3-11(19)17-14-12(13(20)16-6-5-15)9-4-7-18(2)8-10(9)21-14/h3-8,15H2,1-2H3,(H,16,20)(H,17,19). The number of hydrogen-bond donors (Lipinski definition) is 3. The molecule has 0 unspecified atom stereocenters. The summed E-state index contributed by atoms with van der Waals surface area (Å²) in [7, 11) is 2.06. The molecule has 6 nitrogen and oxygen atoms in total. The molecule has 2 heterocycles. The van der Waals surface area contributed by atoms with Gasteiger partial charge in [0, 0.05) is 37.5 Å². The van der Waals surface area contributed by atoms with Crippen LogP contribution in [0.15, 0.2) is 0 Å². The molecule has 1 aromatic heterocycles. The van der Waals surface area contributed by atoms with Crippen LogP contribution >= 0.6 is 11.3 Å². The van der Waals surface area contributed by atoms with Crippen LogP contribution in [0.4, 0.5) is 5.00 Å². The molecule has 0 aliphatic carbocycles. The Morgan fingerprint density at radius 2 is 2.19 bits per heavy atom. The highest BCUT2D eigenvalue weighted by molar-refractivity contribution is 7.17. The number of likely N-dealkylation sites (N-methyl/N-ethyl adjacent to an activating group) is 1. The largest absolute Gasteiger partial charge is 0.351 e. The Morgan fingerprint density at radius 3 is 2.86 bits per heavy atom. The maximum Gasteiger partial charge on any atom is 0.254 e. The zero-order valence-electron chi connectivity index (χ0n) is 12.5. The van der Waals surface area contributed by atoms with E-state index in [4.69, 9.17) is 5.73 Å². The van der Waals surface area contributed by atoms with E-state index in [1.165, 1.54) is 11.3 Å². The van der Waals surface area contributed by atoms with Crippen molar-refractivity contribution in [1.29, 1.82) is 0 Å². The van der Waals surface area contributed by atoms with E-state index in [0.717, 1.165) is 30.0 Å².